The molecule has 0 aliphatic rings. The number of rotatable bonds is 9. The highest BCUT2D eigenvalue weighted by molar-refractivity contribution is 9.10. The molecule has 0 radical (unpaired) electrons. The summed E-state index contributed by atoms with van der Waals surface area (Å²) in [5.74, 6) is 3.97. The van der Waals surface area contributed by atoms with Crippen molar-refractivity contribution in [2.45, 2.75) is 12.3 Å². The lowest BCUT2D eigenvalue weighted by molar-refractivity contribution is 0.344. The van der Waals surface area contributed by atoms with Crippen LogP contribution in [0, 0.1) is 0 Å². The van der Waals surface area contributed by atoms with Crippen LogP contribution >= 0.6 is 39.0 Å². The first-order valence-corrected chi connectivity index (χ1v) is 11.2. The minimum Gasteiger partial charge on any atom is -0.464 e. The van der Waals surface area contributed by atoms with Gasteiger partial charge in [0.1, 0.15) is 11.5 Å². The van der Waals surface area contributed by atoms with E-state index in [2.05, 4.69) is 60.8 Å². The van der Waals surface area contributed by atoms with Crippen molar-refractivity contribution in [2.75, 3.05) is 31.7 Å². The van der Waals surface area contributed by atoms with Gasteiger partial charge in [-0.3, -0.25) is 0 Å². The summed E-state index contributed by atoms with van der Waals surface area (Å²) in [6, 6.07) is 12.4. The second-order valence-electron chi connectivity index (χ2n) is 6.13. The normalized spacial score (nSPS) is 11.2. The van der Waals surface area contributed by atoms with Gasteiger partial charge >= 0.3 is 0 Å². The predicted molar refractivity (Wildman–Crippen MR) is 116 cm³/mol. The third kappa shape index (κ3) is 5.87. The maximum atomic E-state index is 5.82. The van der Waals surface area contributed by atoms with Gasteiger partial charge in [-0.05, 0) is 38.4 Å². The molecule has 0 unspecified atom stereocenters. The molecule has 7 heteroatoms. The van der Waals surface area contributed by atoms with E-state index in [4.69, 9.17) is 4.42 Å². The maximum absolute atomic E-state index is 5.82. The molecular formula is C19H22BrN3OS2. The Balaban J connectivity index is 1.39. The van der Waals surface area contributed by atoms with Crippen molar-refractivity contribution in [1.29, 1.82) is 0 Å². The van der Waals surface area contributed by atoms with Gasteiger partial charge in [-0.25, -0.2) is 4.98 Å². The second-order valence-corrected chi connectivity index (χ2v) is 9.01. The number of halogens is 1. The molecule has 3 aromatic rings. The number of hydrogen-bond acceptors (Lipinski definition) is 6. The number of furan rings is 1. The fourth-order valence-electron chi connectivity index (χ4n) is 2.41. The van der Waals surface area contributed by atoms with E-state index in [9.17, 15) is 0 Å². The fourth-order valence-corrected chi connectivity index (χ4v) is 4.17. The average molecular weight is 452 g/mol. The van der Waals surface area contributed by atoms with Gasteiger partial charge in [-0.2, -0.15) is 11.8 Å². The highest BCUT2D eigenvalue weighted by Gasteiger charge is 2.05. The molecule has 0 saturated heterocycles. The van der Waals surface area contributed by atoms with Crippen molar-refractivity contribution in [2.24, 2.45) is 0 Å². The Morgan fingerprint density at radius 1 is 1.15 bits per heavy atom. The van der Waals surface area contributed by atoms with Gasteiger partial charge in [-0.15, -0.1) is 11.3 Å². The standard InChI is InChI=1S/C19H22BrN3OS2/c1-23(2)11-16-7-8-17(24-16)12-25-10-9-21-19-22-18(13-26-19)14-3-5-15(20)6-4-14/h3-8,13H,9-12H2,1-2H3,(H,21,22). The van der Waals surface area contributed by atoms with Crippen molar-refractivity contribution in [1.82, 2.24) is 9.88 Å². The van der Waals surface area contributed by atoms with Crippen LogP contribution < -0.4 is 5.32 Å². The molecule has 0 aliphatic carbocycles. The van der Waals surface area contributed by atoms with Crippen LogP contribution in [0.25, 0.3) is 11.3 Å². The van der Waals surface area contributed by atoms with Crippen LogP contribution in [0.3, 0.4) is 0 Å². The van der Waals surface area contributed by atoms with Crippen LogP contribution in [0.5, 0.6) is 0 Å². The first-order valence-electron chi connectivity index (χ1n) is 8.35. The van der Waals surface area contributed by atoms with Gasteiger partial charge in [0.25, 0.3) is 0 Å². The summed E-state index contributed by atoms with van der Waals surface area (Å²) >= 11 is 6.97. The van der Waals surface area contributed by atoms with Crippen LogP contribution in [0.15, 0.2) is 50.7 Å². The zero-order valence-electron chi connectivity index (χ0n) is 14.9. The molecule has 138 valence electrons. The Bertz CT molecular complexity index is 814. The van der Waals surface area contributed by atoms with Crippen LogP contribution in [0.1, 0.15) is 11.5 Å². The highest BCUT2D eigenvalue weighted by Crippen LogP contribution is 2.26. The zero-order valence-corrected chi connectivity index (χ0v) is 18.1. The molecule has 2 heterocycles. The summed E-state index contributed by atoms with van der Waals surface area (Å²) in [4.78, 5) is 6.76. The highest BCUT2D eigenvalue weighted by atomic mass is 79.9. The van der Waals surface area contributed by atoms with Gasteiger partial charge in [0.05, 0.1) is 18.0 Å². The monoisotopic (exact) mass is 451 g/mol. The van der Waals surface area contributed by atoms with Crippen LogP contribution in [0.2, 0.25) is 0 Å². The molecule has 0 bridgehead atoms. The van der Waals surface area contributed by atoms with E-state index in [-0.39, 0.29) is 0 Å². The molecule has 3 rings (SSSR count). The van der Waals surface area contributed by atoms with E-state index < -0.39 is 0 Å². The lowest BCUT2D eigenvalue weighted by Gasteiger charge is -2.05. The number of anilines is 1. The number of benzene rings is 1. The average Bonchev–Trinajstić information content (AvgIpc) is 3.24. The first kappa shape index (κ1) is 19.5. The van der Waals surface area contributed by atoms with Crippen LogP contribution in [-0.2, 0) is 12.3 Å². The van der Waals surface area contributed by atoms with Crippen molar-refractivity contribution in [3.63, 3.8) is 0 Å². The Hall–Kier alpha value is -1.28. The number of nitrogens with zero attached hydrogens (tertiary/aromatic N) is 2. The third-order valence-corrected chi connectivity index (χ3v) is 5.91. The van der Waals surface area contributed by atoms with E-state index in [0.29, 0.717) is 0 Å². The lowest BCUT2D eigenvalue weighted by atomic mass is 10.2. The molecule has 0 amide bonds. The quantitative estimate of drug-likeness (QED) is 0.430. The molecule has 0 spiro atoms. The zero-order chi connectivity index (χ0) is 18.4. The van der Waals surface area contributed by atoms with E-state index in [1.165, 1.54) is 0 Å². The first-order chi connectivity index (χ1) is 12.6. The Morgan fingerprint density at radius 3 is 2.69 bits per heavy atom. The van der Waals surface area contributed by atoms with Crippen LogP contribution in [-0.4, -0.2) is 36.3 Å². The molecule has 26 heavy (non-hydrogen) atoms. The smallest absolute Gasteiger partial charge is 0.183 e. The van der Waals surface area contributed by atoms with E-state index in [1.807, 2.05) is 38.0 Å². The minimum atomic E-state index is 0.844. The van der Waals surface area contributed by atoms with Gasteiger partial charge in [0, 0.05) is 27.7 Å². The Labute approximate surface area is 171 Å². The molecule has 0 fully saturated rings. The number of hydrogen-bond donors (Lipinski definition) is 1. The summed E-state index contributed by atoms with van der Waals surface area (Å²) in [5.41, 5.74) is 2.15. The van der Waals surface area contributed by atoms with Gasteiger partial charge in [-0.1, -0.05) is 28.1 Å². The number of thioether (sulfide) groups is 1. The third-order valence-electron chi connectivity index (χ3n) is 3.60. The SMILES string of the molecule is CN(C)Cc1ccc(CSCCNc2nc(-c3ccc(Br)cc3)cs2)o1. The van der Waals surface area contributed by atoms with E-state index in [1.54, 1.807) is 11.3 Å². The van der Waals surface area contributed by atoms with Gasteiger partial charge < -0.3 is 14.6 Å². The van der Waals surface area contributed by atoms with Crippen LogP contribution in [0.4, 0.5) is 5.13 Å². The molecule has 2 aromatic heterocycles. The largest absolute Gasteiger partial charge is 0.464 e. The topological polar surface area (TPSA) is 41.3 Å². The number of nitrogens with one attached hydrogen (secondary N) is 1. The molecule has 0 aliphatic heterocycles. The Morgan fingerprint density at radius 2 is 1.92 bits per heavy atom. The molecule has 0 atom stereocenters. The molecule has 0 saturated carbocycles. The maximum Gasteiger partial charge on any atom is 0.183 e. The van der Waals surface area contributed by atoms with Crippen molar-refractivity contribution >= 4 is 44.2 Å². The second kappa shape index (κ2) is 9.60. The van der Waals surface area contributed by atoms with E-state index in [0.717, 1.165) is 57.0 Å². The minimum absolute atomic E-state index is 0.844. The molecule has 1 aromatic carbocycles. The van der Waals surface area contributed by atoms with Crippen molar-refractivity contribution in [3.8, 4) is 11.3 Å². The molecular weight excluding hydrogens is 430 g/mol. The van der Waals surface area contributed by atoms with Gasteiger partial charge in [0.2, 0.25) is 0 Å². The summed E-state index contributed by atoms with van der Waals surface area (Å²) in [5, 5.41) is 6.46. The summed E-state index contributed by atoms with van der Waals surface area (Å²) in [6.07, 6.45) is 0. The van der Waals surface area contributed by atoms with E-state index >= 15 is 0 Å². The number of aromatic nitrogens is 1. The fraction of sp³-hybridized carbons (Fsp3) is 0.316. The van der Waals surface area contributed by atoms with Crippen molar-refractivity contribution < 1.29 is 4.42 Å². The summed E-state index contributed by atoms with van der Waals surface area (Å²) in [7, 11) is 4.09. The predicted octanol–water partition coefficient (Wildman–Crippen LogP) is 5.57. The molecule has 4 nitrogen and oxygen atoms in total. The summed E-state index contributed by atoms with van der Waals surface area (Å²) < 4.78 is 6.90. The summed E-state index contributed by atoms with van der Waals surface area (Å²) in [6.45, 7) is 1.74. The van der Waals surface area contributed by atoms with Crippen molar-refractivity contribution in [3.05, 3.63) is 57.8 Å². The lowest BCUT2D eigenvalue weighted by Crippen LogP contribution is -2.09. The number of thiazole rings is 1. The van der Waals surface area contributed by atoms with Gasteiger partial charge in [0.15, 0.2) is 5.13 Å². The molecule has 1 N–H and O–H groups in total. The Kier molecular flexibility index (Phi) is 7.19.